The van der Waals surface area contributed by atoms with Crippen LogP contribution in [0.1, 0.15) is 35.2 Å². The molecule has 116 valence electrons. The van der Waals surface area contributed by atoms with E-state index in [1.165, 1.54) is 23.5 Å². The van der Waals surface area contributed by atoms with Crippen molar-refractivity contribution in [2.45, 2.75) is 25.4 Å². The number of benzene rings is 2. The number of aryl methyl sites for hydroxylation is 1. The van der Waals surface area contributed by atoms with Gasteiger partial charge < -0.3 is 5.32 Å². The number of nitrogens with one attached hydrogen (secondary N) is 1. The van der Waals surface area contributed by atoms with Gasteiger partial charge in [0.05, 0.1) is 12.1 Å². The lowest BCUT2D eigenvalue weighted by atomic mass is 9.93. The van der Waals surface area contributed by atoms with Crippen LogP contribution < -0.4 is 5.32 Å². The number of anilines is 1. The van der Waals surface area contributed by atoms with Crippen molar-refractivity contribution < 1.29 is 4.39 Å². The summed E-state index contributed by atoms with van der Waals surface area (Å²) in [6.07, 6.45) is 2.23. The molecular formula is C18H17FN4. The van der Waals surface area contributed by atoms with Gasteiger partial charge in [0.1, 0.15) is 12.1 Å². The first-order valence-electron chi connectivity index (χ1n) is 7.69. The van der Waals surface area contributed by atoms with E-state index in [1.807, 2.05) is 12.1 Å². The van der Waals surface area contributed by atoms with Crippen molar-refractivity contribution in [3.05, 3.63) is 77.4 Å². The molecule has 1 aromatic heterocycles. The molecule has 0 spiro atoms. The molecule has 5 heteroatoms. The van der Waals surface area contributed by atoms with Gasteiger partial charge in [-0.2, -0.15) is 10.1 Å². The summed E-state index contributed by atoms with van der Waals surface area (Å²) < 4.78 is 16.0. The van der Waals surface area contributed by atoms with E-state index in [4.69, 9.17) is 0 Å². The van der Waals surface area contributed by atoms with Crippen LogP contribution in [0.25, 0.3) is 0 Å². The summed E-state index contributed by atoms with van der Waals surface area (Å²) in [7, 11) is 0. The van der Waals surface area contributed by atoms with Crippen molar-refractivity contribution in [3.8, 4) is 0 Å². The van der Waals surface area contributed by atoms with Crippen LogP contribution in [0.4, 0.5) is 10.3 Å². The van der Waals surface area contributed by atoms with E-state index < -0.39 is 0 Å². The van der Waals surface area contributed by atoms with Crippen LogP contribution in [0.5, 0.6) is 0 Å². The summed E-state index contributed by atoms with van der Waals surface area (Å²) in [5, 5.41) is 7.67. The third-order valence-corrected chi connectivity index (χ3v) is 4.37. The maximum absolute atomic E-state index is 14.3. The van der Waals surface area contributed by atoms with E-state index in [-0.39, 0.29) is 17.9 Å². The molecule has 1 aliphatic rings. The van der Waals surface area contributed by atoms with Crippen molar-refractivity contribution >= 4 is 5.95 Å². The molecule has 0 radical (unpaired) electrons. The second-order valence-corrected chi connectivity index (χ2v) is 5.91. The monoisotopic (exact) mass is 308 g/mol. The molecule has 2 heterocycles. The summed E-state index contributed by atoms with van der Waals surface area (Å²) in [5.74, 6) is 0.471. The van der Waals surface area contributed by atoms with Crippen molar-refractivity contribution in [1.29, 1.82) is 0 Å². The smallest absolute Gasteiger partial charge is 0.222 e. The molecule has 3 aromatic rings. The molecule has 0 unspecified atom stereocenters. The Morgan fingerprint density at radius 1 is 1.13 bits per heavy atom. The molecule has 4 nitrogen and oxygen atoms in total. The largest absolute Gasteiger partial charge is 0.348 e. The van der Waals surface area contributed by atoms with Crippen LogP contribution in [0, 0.1) is 12.7 Å². The zero-order valence-corrected chi connectivity index (χ0v) is 12.8. The van der Waals surface area contributed by atoms with E-state index in [0.29, 0.717) is 11.5 Å². The van der Waals surface area contributed by atoms with Crippen LogP contribution in [-0.4, -0.2) is 14.8 Å². The number of nitrogens with zero attached hydrogens (tertiary/aromatic N) is 3. The number of rotatable bonds is 2. The molecule has 0 aliphatic carbocycles. The van der Waals surface area contributed by atoms with Crippen molar-refractivity contribution in [3.63, 3.8) is 0 Å². The highest BCUT2D eigenvalue weighted by Gasteiger charge is 2.31. The fourth-order valence-electron chi connectivity index (χ4n) is 3.14. The minimum absolute atomic E-state index is 0.0805. The van der Waals surface area contributed by atoms with Gasteiger partial charge >= 0.3 is 0 Å². The molecule has 2 aromatic carbocycles. The molecule has 0 saturated heterocycles. The highest BCUT2D eigenvalue weighted by molar-refractivity contribution is 5.38. The van der Waals surface area contributed by atoms with E-state index in [9.17, 15) is 4.39 Å². The SMILES string of the molecule is Cc1ccc([C@H]2C[C@@H](c3ccccc3F)n3ncnc3N2)cc1. The Labute approximate surface area is 134 Å². The fraction of sp³-hybridized carbons (Fsp3) is 0.222. The molecule has 4 rings (SSSR count). The molecule has 0 saturated carbocycles. The number of hydrogen-bond donors (Lipinski definition) is 1. The van der Waals surface area contributed by atoms with Crippen molar-refractivity contribution in [2.75, 3.05) is 5.32 Å². The maximum Gasteiger partial charge on any atom is 0.222 e. The molecule has 23 heavy (non-hydrogen) atoms. The Morgan fingerprint density at radius 3 is 2.70 bits per heavy atom. The summed E-state index contributed by atoms with van der Waals surface area (Å²) >= 11 is 0. The van der Waals surface area contributed by atoms with Gasteiger partial charge in [-0.25, -0.2) is 9.07 Å². The van der Waals surface area contributed by atoms with E-state index >= 15 is 0 Å². The predicted molar refractivity (Wildman–Crippen MR) is 86.7 cm³/mol. The summed E-state index contributed by atoms with van der Waals surface area (Å²) in [6.45, 7) is 2.07. The Kier molecular flexibility index (Phi) is 3.33. The topological polar surface area (TPSA) is 42.7 Å². The highest BCUT2D eigenvalue weighted by Crippen LogP contribution is 2.37. The normalized spacial score (nSPS) is 19.9. The van der Waals surface area contributed by atoms with Crippen LogP contribution in [0.3, 0.4) is 0 Å². The van der Waals surface area contributed by atoms with E-state index in [2.05, 4.69) is 46.6 Å². The van der Waals surface area contributed by atoms with Crippen LogP contribution in [0.2, 0.25) is 0 Å². The number of fused-ring (bicyclic) bond motifs is 1. The second-order valence-electron chi connectivity index (χ2n) is 5.91. The van der Waals surface area contributed by atoms with Gasteiger partial charge in [0.2, 0.25) is 5.95 Å². The van der Waals surface area contributed by atoms with E-state index in [0.717, 1.165) is 6.42 Å². The van der Waals surface area contributed by atoms with E-state index in [1.54, 1.807) is 10.7 Å². The van der Waals surface area contributed by atoms with Crippen LogP contribution >= 0.6 is 0 Å². The molecule has 1 N–H and O–H groups in total. The lowest BCUT2D eigenvalue weighted by Crippen LogP contribution is -2.28. The lowest BCUT2D eigenvalue weighted by molar-refractivity contribution is 0.416. The predicted octanol–water partition coefficient (Wildman–Crippen LogP) is 3.87. The maximum atomic E-state index is 14.3. The molecule has 0 fully saturated rings. The summed E-state index contributed by atoms with van der Waals surface area (Å²) in [6, 6.07) is 15.2. The zero-order chi connectivity index (χ0) is 15.8. The van der Waals surface area contributed by atoms with Gasteiger partial charge in [0, 0.05) is 5.56 Å². The van der Waals surface area contributed by atoms with Gasteiger partial charge in [0.15, 0.2) is 0 Å². The Hall–Kier alpha value is -2.69. The minimum Gasteiger partial charge on any atom is -0.348 e. The standard InChI is InChI=1S/C18H17FN4/c1-12-6-8-13(9-7-12)16-10-17(14-4-2-3-5-15(14)19)23-18(22-16)20-11-21-23/h2-9,11,16-17H,10H2,1H3,(H,20,21,22)/t16-,17+/m1/s1. The van der Waals surface area contributed by atoms with Gasteiger partial charge in [-0.05, 0) is 25.0 Å². The van der Waals surface area contributed by atoms with Crippen LogP contribution in [-0.2, 0) is 0 Å². The van der Waals surface area contributed by atoms with Gasteiger partial charge in [-0.1, -0.05) is 48.0 Å². The van der Waals surface area contributed by atoms with Crippen molar-refractivity contribution in [1.82, 2.24) is 14.8 Å². The minimum atomic E-state index is -0.205. The first kappa shape index (κ1) is 13.9. The Balaban J connectivity index is 1.75. The lowest BCUT2D eigenvalue weighted by Gasteiger charge is -2.32. The highest BCUT2D eigenvalue weighted by atomic mass is 19.1. The van der Waals surface area contributed by atoms with Gasteiger partial charge in [0.25, 0.3) is 0 Å². The third-order valence-electron chi connectivity index (χ3n) is 4.37. The van der Waals surface area contributed by atoms with Crippen LogP contribution in [0.15, 0.2) is 54.9 Å². The number of hydrogen-bond acceptors (Lipinski definition) is 3. The molecular weight excluding hydrogens is 291 g/mol. The van der Waals surface area contributed by atoms with Gasteiger partial charge in [-0.15, -0.1) is 0 Å². The molecule has 0 amide bonds. The third kappa shape index (κ3) is 2.48. The summed E-state index contributed by atoms with van der Waals surface area (Å²) in [4.78, 5) is 4.27. The Bertz CT molecular complexity index is 825. The average molecular weight is 308 g/mol. The zero-order valence-electron chi connectivity index (χ0n) is 12.8. The first-order valence-corrected chi connectivity index (χ1v) is 7.69. The fourth-order valence-corrected chi connectivity index (χ4v) is 3.14. The summed E-state index contributed by atoms with van der Waals surface area (Å²) in [5.41, 5.74) is 3.04. The number of halogens is 1. The quantitative estimate of drug-likeness (QED) is 0.781. The number of aromatic nitrogens is 3. The molecule has 0 bridgehead atoms. The molecule has 2 atom stereocenters. The average Bonchev–Trinajstić information content (AvgIpc) is 3.04. The van der Waals surface area contributed by atoms with Crippen molar-refractivity contribution in [2.24, 2.45) is 0 Å². The molecule has 1 aliphatic heterocycles. The van der Waals surface area contributed by atoms with Gasteiger partial charge in [-0.3, -0.25) is 0 Å². The second kappa shape index (κ2) is 5.50. The Morgan fingerprint density at radius 2 is 1.91 bits per heavy atom. The first-order chi connectivity index (χ1) is 11.2.